The van der Waals surface area contributed by atoms with Crippen LogP contribution in [0, 0.1) is 0 Å². The number of thiazole rings is 1. The first-order chi connectivity index (χ1) is 10.0. The predicted molar refractivity (Wildman–Crippen MR) is 91.1 cm³/mol. The number of hydrogen-bond donors (Lipinski definition) is 2. The van der Waals surface area contributed by atoms with E-state index in [4.69, 9.17) is 17.3 Å². The fourth-order valence-electron chi connectivity index (χ4n) is 1.85. The number of carbonyl (C=O) groups excluding carboxylic acids is 1. The van der Waals surface area contributed by atoms with Crippen molar-refractivity contribution in [1.82, 2.24) is 4.98 Å². The number of amides is 1. The van der Waals surface area contributed by atoms with Crippen LogP contribution in [0.4, 0.5) is 10.8 Å². The summed E-state index contributed by atoms with van der Waals surface area (Å²) in [6, 6.07) is 10.5. The second kappa shape index (κ2) is 5.63. The molecule has 0 unspecified atom stereocenters. The number of nitrogens with one attached hydrogen (secondary N) is 1. The molecule has 1 amide bonds. The van der Waals surface area contributed by atoms with Gasteiger partial charge in [0.25, 0.3) is 5.91 Å². The fourth-order valence-corrected chi connectivity index (χ4v) is 3.62. The summed E-state index contributed by atoms with van der Waals surface area (Å²) in [6.45, 7) is 0. The van der Waals surface area contributed by atoms with Gasteiger partial charge < -0.3 is 5.73 Å². The minimum atomic E-state index is -0.259. The van der Waals surface area contributed by atoms with Crippen molar-refractivity contribution in [2.24, 2.45) is 0 Å². The van der Waals surface area contributed by atoms with Gasteiger partial charge in [-0.15, -0.1) is 0 Å². The quantitative estimate of drug-likeness (QED) is 0.639. The molecule has 0 aliphatic carbocycles. The highest BCUT2D eigenvalue weighted by Crippen LogP contribution is 2.28. The molecular weight excluding hydrogens is 374 g/mol. The molecule has 21 heavy (non-hydrogen) atoms. The molecule has 0 atom stereocenters. The van der Waals surface area contributed by atoms with E-state index in [-0.39, 0.29) is 5.91 Å². The van der Waals surface area contributed by atoms with E-state index in [1.54, 1.807) is 24.3 Å². The molecule has 106 valence electrons. The number of fused-ring (bicyclic) bond motifs is 1. The molecule has 0 saturated carbocycles. The third-order valence-corrected chi connectivity index (χ3v) is 4.37. The number of nitrogens with two attached hydrogens (primary N) is 1. The molecule has 3 rings (SSSR count). The largest absolute Gasteiger partial charge is 0.399 e. The number of nitrogen functional groups attached to an aromatic ring is 1. The lowest BCUT2D eigenvalue weighted by Crippen LogP contribution is -2.11. The number of hydrogen-bond acceptors (Lipinski definition) is 4. The molecule has 7 heteroatoms. The standard InChI is InChI=1S/C14H9BrClN3OS/c15-8-3-7(4-9(16)5-8)13(20)19-14-18-11-2-1-10(17)6-12(11)21-14/h1-6H,17H2,(H,18,19,20). The molecule has 0 aliphatic heterocycles. The SMILES string of the molecule is Nc1ccc2nc(NC(=O)c3cc(Cl)cc(Br)c3)sc2c1. The summed E-state index contributed by atoms with van der Waals surface area (Å²) in [5.41, 5.74) is 7.67. The van der Waals surface area contributed by atoms with Crippen molar-refractivity contribution >= 4 is 65.8 Å². The number of halogens is 2. The van der Waals surface area contributed by atoms with Gasteiger partial charge >= 0.3 is 0 Å². The monoisotopic (exact) mass is 381 g/mol. The van der Waals surface area contributed by atoms with E-state index in [1.807, 2.05) is 12.1 Å². The van der Waals surface area contributed by atoms with Crippen LogP contribution in [-0.4, -0.2) is 10.9 Å². The second-order valence-electron chi connectivity index (χ2n) is 4.36. The number of anilines is 2. The van der Waals surface area contributed by atoms with E-state index in [0.717, 1.165) is 14.7 Å². The van der Waals surface area contributed by atoms with Crippen molar-refractivity contribution in [3.63, 3.8) is 0 Å². The first kappa shape index (κ1) is 14.3. The van der Waals surface area contributed by atoms with Crippen molar-refractivity contribution in [2.75, 3.05) is 11.1 Å². The van der Waals surface area contributed by atoms with Gasteiger partial charge in [-0.3, -0.25) is 10.1 Å². The first-order valence-corrected chi connectivity index (χ1v) is 7.93. The summed E-state index contributed by atoms with van der Waals surface area (Å²) in [4.78, 5) is 16.6. The maximum atomic E-state index is 12.2. The third-order valence-electron chi connectivity index (χ3n) is 2.76. The van der Waals surface area contributed by atoms with Gasteiger partial charge in [-0.2, -0.15) is 0 Å². The molecule has 1 aromatic heterocycles. The van der Waals surface area contributed by atoms with Gasteiger partial charge in [-0.25, -0.2) is 4.98 Å². The molecule has 2 aromatic carbocycles. The van der Waals surface area contributed by atoms with Crippen LogP contribution in [0.3, 0.4) is 0 Å². The zero-order chi connectivity index (χ0) is 15.0. The Hall–Kier alpha value is -1.63. The van der Waals surface area contributed by atoms with Crippen LogP contribution in [0.5, 0.6) is 0 Å². The van der Waals surface area contributed by atoms with Crippen molar-refractivity contribution in [1.29, 1.82) is 0 Å². The normalized spacial score (nSPS) is 10.8. The highest BCUT2D eigenvalue weighted by Gasteiger charge is 2.11. The Balaban J connectivity index is 1.88. The minimum absolute atomic E-state index is 0.259. The van der Waals surface area contributed by atoms with E-state index in [1.165, 1.54) is 11.3 Å². The highest BCUT2D eigenvalue weighted by atomic mass is 79.9. The number of benzene rings is 2. The summed E-state index contributed by atoms with van der Waals surface area (Å²) in [5.74, 6) is -0.259. The molecule has 0 fully saturated rings. The fraction of sp³-hybridized carbons (Fsp3) is 0. The topological polar surface area (TPSA) is 68.0 Å². The number of carbonyl (C=O) groups is 1. The van der Waals surface area contributed by atoms with Gasteiger partial charge in [-0.1, -0.05) is 38.9 Å². The van der Waals surface area contributed by atoms with Gasteiger partial charge in [0.1, 0.15) is 0 Å². The lowest BCUT2D eigenvalue weighted by Gasteiger charge is -2.03. The molecule has 4 nitrogen and oxygen atoms in total. The molecule has 3 aromatic rings. The second-order valence-corrected chi connectivity index (χ2v) is 6.74. The Labute approximate surface area is 138 Å². The highest BCUT2D eigenvalue weighted by molar-refractivity contribution is 9.10. The number of rotatable bonds is 2. The van der Waals surface area contributed by atoms with Crippen molar-refractivity contribution < 1.29 is 4.79 Å². The van der Waals surface area contributed by atoms with Crippen LogP contribution >= 0.6 is 38.9 Å². The van der Waals surface area contributed by atoms with E-state index >= 15 is 0 Å². The van der Waals surface area contributed by atoms with Gasteiger partial charge in [0, 0.05) is 20.7 Å². The molecule has 0 spiro atoms. The van der Waals surface area contributed by atoms with Crippen LogP contribution in [-0.2, 0) is 0 Å². The maximum Gasteiger partial charge on any atom is 0.257 e. The van der Waals surface area contributed by atoms with Gasteiger partial charge in [-0.05, 0) is 36.4 Å². The average Bonchev–Trinajstić information content (AvgIpc) is 2.78. The van der Waals surface area contributed by atoms with Crippen LogP contribution < -0.4 is 11.1 Å². The van der Waals surface area contributed by atoms with Gasteiger partial charge in [0.15, 0.2) is 5.13 Å². The van der Waals surface area contributed by atoms with Gasteiger partial charge in [0.05, 0.1) is 10.2 Å². The van der Waals surface area contributed by atoms with Crippen LogP contribution in [0.25, 0.3) is 10.2 Å². The molecule has 3 N–H and O–H groups in total. The Morgan fingerprint density at radius 1 is 1.29 bits per heavy atom. The summed E-state index contributed by atoms with van der Waals surface area (Å²) in [6.07, 6.45) is 0. The Kier molecular flexibility index (Phi) is 3.84. The summed E-state index contributed by atoms with van der Waals surface area (Å²) >= 11 is 10.6. The minimum Gasteiger partial charge on any atom is -0.399 e. The molecule has 0 radical (unpaired) electrons. The van der Waals surface area contributed by atoms with Crippen molar-refractivity contribution in [3.8, 4) is 0 Å². The zero-order valence-electron chi connectivity index (χ0n) is 10.6. The van der Waals surface area contributed by atoms with Crippen LogP contribution in [0.15, 0.2) is 40.9 Å². The Bertz CT molecular complexity index is 829. The van der Waals surface area contributed by atoms with E-state index in [9.17, 15) is 4.79 Å². The summed E-state index contributed by atoms with van der Waals surface area (Å²) in [7, 11) is 0. The van der Waals surface area contributed by atoms with E-state index < -0.39 is 0 Å². The van der Waals surface area contributed by atoms with Gasteiger partial charge in [0.2, 0.25) is 0 Å². The van der Waals surface area contributed by atoms with Crippen molar-refractivity contribution in [2.45, 2.75) is 0 Å². The Morgan fingerprint density at radius 3 is 2.86 bits per heavy atom. The first-order valence-electron chi connectivity index (χ1n) is 5.95. The summed E-state index contributed by atoms with van der Waals surface area (Å²) in [5, 5.41) is 3.79. The lowest BCUT2D eigenvalue weighted by molar-refractivity contribution is 0.102. The average molecular weight is 383 g/mol. The molecular formula is C14H9BrClN3OS. The molecule has 0 aliphatic rings. The lowest BCUT2D eigenvalue weighted by atomic mass is 10.2. The zero-order valence-corrected chi connectivity index (χ0v) is 13.7. The van der Waals surface area contributed by atoms with E-state index in [2.05, 4.69) is 26.2 Å². The van der Waals surface area contributed by atoms with Crippen LogP contribution in [0.2, 0.25) is 5.02 Å². The molecule has 1 heterocycles. The number of nitrogens with zero attached hydrogens (tertiary/aromatic N) is 1. The predicted octanol–water partition coefficient (Wildman–Crippen LogP) is 4.55. The number of aromatic nitrogens is 1. The smallest absolute Gasteiger partial charge is 0.257 e. The van der Waals surface area contributed by atoms with Crippen molar-refractivity contribution in [3.05, 3.63) is 51.5 Å². The maximum absolute atomic E-state index is 12.2. The molecule has 0 saturated heterocycles. The Morgan fingerprint density at radius 2 is 2.10 bits per heavy atom. The van der Waals surface area contributed by atoms with Crippen LogP contribution in [0.1, 0.15) is 10.4 Å². The summed E-state index contributed by atoms with van der Waals surface area (Å²) < 4.78 is 1.68. The molecule has 0 bridgehead atoms. The third kappa shape index (κ3) is 3.18. The van der Waals surface area contributed by atoms with E-state index in [0.29, 0.717) is 21.4 Å².